The van der Waals surface area contributed by atoms with Gasteiger partial charge in [-0.2, -0.15) is 13.2 Å². The number of benzene rings is 2. The van der Waals surface area contributed by atoms with E-state index in [1.807, 2.05) is 19.1 Å². The first-order valence-electron chi connectivity index (χ1n) is 7.21. The van der Waals surface area contributed by atoms with E-state index in [4.69, 9.17) is 11.6 Å². The number of alkyl halides is 3. The Hall–Kier alpha value is -2.05. The third kappa shape index (κ3) is 5.25. The number of hydrogen-bond acceptors (Lipinski definition) is 2. The minimum atomic E-state index is -4.39. The molecule has 0 unspecified atom stereocenters. The molecule has 0 aromatic heterocycles. The average molecular weight is 357 g/mol. The van der Waals surface area contributed by atoms with Crippen LogP contribution < -0.4 is 10.6 Å². The number of rotatable bonds is 5. The van der Waals surface area contributed by atoms with E-state index in [9.17, 15) is 18.0 Å². The normalized spacial score (nSPS) is 12.7. The molecule has 7 heteroatoms. The summed E-state index contributed by atoms with van der Waals surface area (Å²) in [4.78, 5) is 11.9. The molecule has 0 aliphatic rings. The summed E-state index contributed by atoms with van der Waals surface area (Å²) < 4.78 is 37.4. The fourth-order valence-electron chi connectivity index (χ4n) is 2.09. The fourth-order valence-corrected chi connectivity index (χ4v) is 2.29. The van der Waals surface area contributed by atoms with Crippen LogP contribution in [-0.2, 0) is 11.0 Å². The Morgan fingerprint density at radius 3 is 2.42 bits per heavy atom. The van der Waals surface area contributed by atoms with Crippen molar-refractivity contribution in [3.8, 4) is 0 Å². The van der Waals surface area contributed by atoms with Crippen molar-refractivity contribution in [1.29, 1.82) is 0 Å². The van der Waals surface area contributed by atoms with Gasteiger partial charge in [0.05, 0.1) is 12.1 Å². The zero-order valence-electron chi connectivity index (χ0n) is 12.8. The number of hydrogen-bond donors (Lipinski definition) is 2. The molecule has 0 saturated carbocycles. The Balaban J connectivity index is 1.87. The second-order valence-corrected chi connectivity index (χ2v) is 5.72. The van der Waals surface area contributed by atoms with Gasteiger partial charge in [0.15, 0.2) is 0 Å². The summed E-state index contributed by atoms with van der Waals surface area (Å²) in [5.74, 6) is -0.344. The summed E-state index contributed by atoms with van der Waals surface area (Å²) in [5, 5.41) is 6.18. The molecule has 0 radical (unpaired) electrons. The fraction of sp³-hybridized carbons (Fsp3) is 0.235. The third-order valence-electron chi connectivity index (χ3n) is 3.41. The molecule has 0 spiro atoms. The van der Waals surface area contributed by atoms with Crippen LogP contribution in [-0.4, -0.2) is 12.5 Å². The Labute approximate surface area is 142 Å². The first-order valence-corrected chi connectivity index (χ1v) is 7.59. The van der Waals surface area contributed by atoms with Crippen LogP contribution in [0.1, 0.15) is 24.1 Å². The van der Waals surface area contributed by atoms with Gasteiger partial charge in [-0.3, -0.25) is 4.79 Å². The highest BCUT2D eigenvalue weighted by Gasteiger charge is 2.29. The highest BCUT2D eigenvalue weighted by atomic mass is 35.5. The number of halogens is 4. The minimum absolute atomic E-state index is 0.0225. The van der Waals surface area contributed by atoms with Crippen molar-refractivity contribution >= 4 is 23.2 Å². The zero-order chi connectivity index (χ0) is 17.7. The molecule has 0 aliphatic carbocycles. The van der Waals surface area contributed by atoms with Crippen LogP contribution in [0.25, 0.3) is 0 Å². The lowest BCUT2D eigenvalue weighted by Crippen LogP contribution is -2.30. The van der Waals surface area contributed by atoms with E-state index in [1.54, 1.807) is 12.1 Å². The lowest BCUT2D eigenvalue weighted by molar-refractivity contribution is -0.137. The molecule has 3 nitrogen and oxygen atoms in total. The molecular formula is C17H16ClF3N2O. The van der Waals surface area contributed by atoms with E-state index in [-0.39, 0.29) is 18.5 Å². The van der Waals surface area contributed by atoms with Crippen LogP contribution in [0.15, 0.2) is 48.5 Å². The maximum Gasteiger partial charge on any atom is 0.416 e. The molecule has 0 fully saturated rings. The first kappa shape index (κ1) is 18.3. The molecule has 2 rings (SSSR count). The van der Waals surface area contributed by atoms with E-state index in [0.717, 1.165) is 17.7 Å². The summed E-state index contributed by atoms with van der Waals surface area (Å²) in [6, 6.07) is 11.5. The van der Waals surface area contributed by atoms with Gasteiger partial charge in [0.2, 0.25) is 5.91 Å². The van der Waals surface area contributed by atoms with Gasteiger partial charge < -0.3 is 10.6 Å². The summed E-state index contributed by atoms with van der Waals surface area (Å²) in [6.07, 6.45) is -4.39. The van der Waals surface area contributed by atoms with Gasteiger partial charge in [-0.1, -0.05) is 23.7 Å². The van der Waals surface area contributed by atoms with Crippen LogP contribution in [0.5, 0.6) is 0 Å². The Bertz CT molecular complexity index is 702. The lowest BCUT2D eigenvalue weighted by Gasteiger charge is -2.14. The van der Waals surface area contributed by atoms with E-state index in [1.165, 1.54) is 12.1 Å². The lowest BCUT2D eigenvalue weighted by atomic mass is 10.1. The quantitative estimate of drug-likeness (QED) is 0.818. The molecule has 1 amide bonds. The highest BCUT2D eigenvalue weighted by molar-refractivity contribution is 6.30. The molecule has 2 N–H and O–H groups in total. The largest absolute Gasteiger partial charge is 0.416 e. The second kappa shape index (κ2) is 7.68. The van der Waals surface area contributed by atoms with Crippen molar-refractivity contribution in [2.24, 2.45) is 0 Å². The number of carbonyl (C=O) groups is 1. The predicted molar refractivity (Wildman–Crippen MR) is 87.9 cm³/mol. The van der Waals surface area contributed by atoms with Gasteiger partial charge in [0.1, 0.15) is 0 Å². The van der Waals surface area contributed by atoms with Gasteiger partial charge in [-0.15, -0.1) is 0 Å². The van der Waals surface area contributed by atoms with Crippen molar-refractivity contribution in [3.63, 3.8) is 0 Å². The summed E-state index contributed by atoms with van der Waals surface area (Å²) >= 11 is 5.92. The van der Waals surface area contributed by atoms with Crippen molar-refractivity contribution < 1.29 is 18.0 Å². The highest BCUT2D eigenvalue weighted by Crippen LogP contribution is 2.29. The van der Waals surface area contributed by atoms with Gasteiger partial charge >= 0.3 is 6.18 Å². The zero-order valence-corrected chi connectivity index (χ0v) is 13.6. The molecule has 2 aromatic rings. The molecule has 0 bridgehead atoms. The molecule has 0 saturated heterocycles. The summed E-state index contributed by atoms with van der Waals surface area (Å²) in [5.41, 5.74) is 0.489. The smallest absolute Gasteiger partial charge is 0.325 e. The maximum absolute atomic E-state index is 12.5. The molecule has 2 aromatic carbocycles. The SMILES string of the molecule is C[C@H](NCC(=O)Nc1ccc(C(F)(F)F)cc1)c1cccc(Cl)c1. The number of nitrogens with one attached hydrogen (secondary N) is 2. The Morgan fingerprint density at radius 2 is 1.83 bits per heavy atom. The molecule has 128 valence electrons. The topological polar surface area (TPSA) is 41.1 Å². The Kier molecular flexibility index (Phi) is 5.85. The summed E-state index contributed by atoms with van der Waals surface area (Å²) in [7, 11) is 0. The summed E-state index contributed by atoms with van der Waals surface area (Å²) in [6.45, 7) is 1.91. The first-order chi connectivity index (χ1) is 11.3. The van der Waals surface area contributed by atoms with E-state index in [2.05, 4.69) is 10.6 Å². The van der Waals surface area contributed by atoms with Crippen LogP contribution in [0, 0.1) is 0 Å². The van der Waals surface area contributed by atoms with Crippen LogP contribution in [0.3, 0.4) is 0 Å². The molecule has 1 atom stereocenters. The minimum Gasteiger partial charge on any atom is -0.325 e. The molecule has 24 heavy (non-hydrogen) atoms. The average Bonchev–Trinajstić information content (AvgIpc) is 2.52. The Morgan fingerprint density at radius 1 is 1.17 bits per heavy atom. The van der Waals surface area contributed by atoms with Crippen LogP contribution in [0.4, 0.5) is 18.9 Å². The standard InChI is InChI=1S/C17H16ClF3N2O/c1-11(12-3-2-4-14(18)9-12)22-10-16(24)23-15-7-5-13(6-8-15)17(19,20)21/h2-9,11,22H,10H2,1H3,(H,23,24)/t11-/m0/s1. The monoisotopic (exact) mass is 356 g/mol. The predicted octanol–water partition coefficient (Wildman–Crippen LogP) is 4.65. The molecule has 0 heterocycles. The molecule has 0 aliphatic heterocycles. The van der Waals surface area contributed by atoms with Crippen molar-refractivity contribution in [2.45, 2.75) is 19.1 Å². The van der Waals surface area contributed by atoms with Crippen LogP contribution in [0.2, 0.25) is 5.02 Å². The van der Waals surface area contributed by atoms with Gasteiger partial charge in [-0.25, -0.2) is 0 Å². The van der Waals surface area contributed by atoms with Gasteiger partial charge in [0, 0.05) is 16.8 Å². The van der Waals surface area contributed by atoms with Crippen LogP contribution >= 0.6 is 11.6 Å². The van der Waals surface area contributed by atoms with Crippen molar-refractivity contribution in [3.05, 3.63) is 64.7 Å². The maximum atomic E-state index is 12.5. The molecular weight excluding hydrogens is 341 g/mol. The third-order valence-corrected chi connectivity index (χ3v) is 3.65. The number of amides is 1. The van der Waals surface area contributed by atoms with Crippen molar-refractivity contribution in [2.75, 3.05) is 11.9 Å². The second-order valence-electron chi connectivity index (χ2n) is 5.28. The van der Waals surface area contributed by atoms with Gasteiger partial charge in [-0.05, 0) is 48.9 Å². The van der Waals surface area contributed by atoms with E-state index >= 15 is 0 Å². The number of carbonyl (C=O) groups excluding carboxylic acids is 1. The van der Waals surface area contributed by atoms with Gasteiger partial charge in [0.25, 0.3) is 0 Å². The number of anilines is 1. The van der Waals surface area contributed by atoms with E-state index < -0.39 is 11.7 Å². The van der Waals surface area contributed by atoms with E-state index in [0.29, 0.717) is 10.7 Å². The van der Waals surface area contributed by atoms with Crippen molar-refractivity contribution in [1.82, 2.24) is 5.32 Å².